The van der Waals surface area contributed by atoms with Crippen molar-refractivity contribution in [2.45, 2.75) is 0 Å². The molecule has 2 N–H and O–H groups in total. The standard InChI is InChI=1S/C18H12N6/c1-2-7-13-12(6-1)21-18(22-13)17-16-15(23-24-17)9-8-14(20-16)11-5-3-4-10-19-11/h1-10H,(H,21,22)(H,23,24). The van der Waals surface area contributed by atoms with E-state index in [1.807, 2.05) is 54.6 Å². The van der Waals surface area contributed by atoms with Crippen LogP contribution in [0.1, 0.15) is 0 Å². The molecule has 0 aliphatic heterocycles. The van der Waals surface area contributed by atoms with Crippen LogP contribution in [0.2, 0.25) is 0 Å². The molecule has 0 fully saturated rings. The molecule has 6 heteroatoms. The van der Waals surface area contributed by atoms with Crippen molar-refractivity contribution in [1.82, 2.24) is 30.1 Å². The summed E-state index contributed by atoms with van der Waals surface area (Å²) in [6.45, 7) is 0. The molecule has 4 heterocycles. The first-order valence-electron chi connectivity index (χ1n) is 7.60. The summed E-state index contributed by atoms with van der Waals surface area (Å²) in [6.07, 6.45) is 1.76. The molecule has 5 aromatic rings. The third-order valence-electron chi connectivity index (χ3n) is 3.95. The van der Waals surface area contributed by atoms with Crippen molar-refractivity contribution >= 4 is 22.1 Å². The van der Waals surface area contributed by atoms with Crippen LogP contribution in [0.5, 0.6) is 0 Å². The summed E-state index contributed by atoms with van der Waals surface area (Å²) in [7, 11) is 0. The highest BCUT2D eigenvalue weighted by Crippen LogP contribution is 2.26. The maximum Gasteiger partial charge on any atom is 0.161 e. The molecule has 114 valence electrons. The predicted octanol–water partition coefficient (Wildman–Crippen LogP) is 3.56. The quantitative estimate of drug-likeness (QED) is 0.522. The zero-order chi connectivity index (χ0) is 15.9. The van der Waals surface area contributed by atoms with E-state index >= 15 is 0 Å². The summed E-state index contributed by atoms with van der Waals surface area (Å²) in [5.74, 6) is 0.702. The van der Waals surface area contributed by atoms with Gasteiger partial charge in [-0.2, -0.15) is 5.10 Å². The van der Waals surface area contributed by atoms with Gasteiger partial charge in [-0.25, -0.2) is 9.97 Å². The van der Waals surface area contributed by atoms with Crippen molar-refractivity contribution in [2.75, 3.05) is 0 Å². The van der Waals surface area contributed by atoms with Gasteiger partial charge in [0.05, 0.1) is 27.9 Å². The number of nitrogens with one attached hydrogen (secondary N) is 2. The van der Waals surface area contributed by atoms with Crippen molar-refractivity contribution in [3.05, 3.63) is 60.8 Å². The predicted molar refractivity (Wildman–Crippen MR) is 92.2 cm³/mol. The van der Waals surface area contributed by atoms with Gasteiger partial charge in [-0.1, -0.05) is 18.2 Å². The van der Waals surface area contributed by atoms with Crippen molar-refractivity contribution in [3.63, 3.8) is 0 Å². The molecule has 0 saturated carbocycles. The Balaban J connectivity index is 1.71. The van der Waals surface area contributed by atoms with E-state index in [4.69, 9.17) is 4.98 Å². The molecule has 0 spiro atoms. The van der Waals surface area contributed by atoms with Crippen molar-refractivity contribution in [3.8, 4) is 22.9 Å². The Hall–Kier alpha value is -3.54. The molecular formula is C18H12N6. The van der Waals surface area contributed by atoms with Crippen LogP contribution in [0, 0.1) is 0 Å². The molecule has 0 bridgehead atoms. The van der Waals surface area contributed by atoms with E-state index < -0.39 is 0 Å². The van der Waals surface area contributed by atoms with Crippen molar-refractivity contribution < 1.29 is 0 Å². The minimum Gasteiger partial charge on any atom is -0.337 e. The van der Waals surface area contributed by atoms with Crippen molar-refractivity contribution in [2.24, 2.45) is 0 Å². The third-order valence-corrected chi connectivity index (χ3v) is 3.95. The van der Waals surface area contributed by atoms with Gasteiger partial charge in [0, 0.05) is 6.20 Å². The second kappa shape index (κ2) is 4.99. The molecule has 1 aromatic carbocycles. The van der Waals surface area contributed by atoms with Gasteiger partial charge in [-0.3, -0.25) is 10.1 Å². The number of imidazole rings is 1. The SMILES string of the molecule is c1ccc(-c2ccc3[nH]nc(-c4nc5ccccc5[nH]4)c3n2)nc1. The average molecular weight is 312 g/mol. The second-order valence-electron chi connectivity index (χ2n) is 5.48. The van der Waals surface area contributed by atoms with Crippen molar-refractivity contribution in [1.29, 1.82) is 0 Å². The van der Waals surface area contributed by atoms with E-state index in [0.29, 0.717) is 11.5 Å². The molecule has 0 aliphatic carbocycles. The van der Waals surface area contributed by atoms with E-state index in [1.54, 1.807) is 6.20 Å². The lowest BCUT2D eigenvalue weighted by Gasteiger charge is -2.00. The summed E-state index contributed by atoms with van der Waals surface area (Å²) in [5.41, 5.74) is 5.87. The van der Waals surface area contributed by atoms with Crippen LogP contribution in [0.4, 0.5) is 0 Å². The van der Waals surface area contributed by atoms with Gasteiger partial charge in [-0.15, -0.1) is 0 Å². The fourth-order valence-electron chi connectivity index (χ4n) is 2.79. The Labute approximate surface area is 136 Å². The zero-order valence-corrected chi connectivity index (χ0v) is 12.6. The summed E-state index contributed by atoms with van der Waals surface area (Å²) >= 11 is 0. The molecule has 24 heavy (non-hydrogen) atoms. The second-order valence-corrected chi connectivity index (χ2v) is 5.48. The highest BCUT2D eigenvalue weighted by atomic mass is 15.1. The zero-order valence-electron chi connectivity index (χ0n) is 12.6. The van der Waals surface area contributed by atoms with Gasteiger partial charge >= 0.3 is 0 Å². The monoisotopic (exact) mass is 312 g/mol. The maximum absolute atomic E-state index is 4.74. The van der Waals surface area contributed by atoms with Crippen LogP contribution >= 0.6 is 0 Å². The Morgan fingerprint density at radius 2 is 1.67 bits per heavy atom. The number of hydrogen-bond donors (Lipinski definition) is 2. The molecule has 4 aromatic heterocycles. The normalized spacial score (nSPS) is 11.3. The van der Waals surface area contributed by atoms with Gasteiger partial charge in [0.15, 0.2) is 11.5 Å². The number of aromatic nitrogens is 6. The van der Waals surface area contributed by atoms with E-state index in [1.165, 1.54) is 0 Å². The van der Waals surface area contributed by atoms with E-state index in [-0.39, 0.29) is 0 Å². The highest BCUT2D eigenvalue weighted by Gasteiger charge is 2.14. The lowest BCUT2D eigenvalue weighted by Crippen LogP contribution is -1.88. The summed E-state index contributed by atoms with van der Waals surface area (Å²) < 4.78 is 0. The lowest BCUT2D eigenvalue weighted by atomic mass is 10.2. The van der Waals surface area contributed by atoms with Crippen LogP contribution in [0.3, 0.4) is 0 Å². The topological polar surface area (TPSA) is 83.1 Å². The lowest BCUT2D eigenvalue weighted by molar-refractivity contribution is 1.10. The summed E-state index contributed by atoms with van der Waals surface area (Å²) in [4.78, 5) is 17.0. The van der Waals surface area contributed by atoms with Crippen LogP contribution in [0.25, 0.3) is 45.0 Å². The van der Waals surface area contributed by atoms with Crippen LogP contribution in [-0.4, -0.2) is 30.1 Å². The number of pyridine rings is 2. The van der Waals surface area contributed by atoms with Gasteiger partial charge in [0.2, 0.25) is 0 Å². The number of rotatable bonds is 2. The largest absolute Gasteiger partial charge is 0.337 e. The smallest absolute Gasteiger partial charge is 0.161 e. The molecule has 0 amide bonds. The summed E-state index contributed by atoms with van der Waals surface area (Å²) in [5, 5.41) is 7.41. The van der Waals surface area contributed by atoms with Crippen LogP contribution < -0.4 is 0 Å². The van der Waals surface area contributed by atoms with E-state index in [2.05, 4.69) is 25.1 Å². The molecule has 0 aliphatic rings. The molecule has 5 rings (SSSR count). The van der Waals surface area contributed by atoms with Gasteiger partial charge < -0.3 is 4.98 Å². The highest BCUT2D eigenvalue weighted by molar-refractivity contribution is 5.91. The van der Waals surface area contributed by atoms with Crippen LogP contribution in [-0.2, 0) is 0 Å². The fraction of sp³-hybridized carbons (Fsp3) is 0. The maximum atomic E-state index is 4.74. The summed E-state index contributed by atoms with van der Waals surface area (Å²) in [6, 6.07) is 17.6. The van der Waals surface area contributed by atoms with E-state index in [9.17, 15) is 0 Å². The molecular weight excluding hydrogens is 300 g/mol. The number of H-pyrrole nitrogens is 2. The number of nitrogens with zero attached hydrogens (tertiary/aromatic N) is 4. The number of para-hydroxylation sites is 2. The molecule has 0 unspecified atom stereocenters. The molecule has 0 saturated heterocycles. The Morgan fingerprint density at radius 1 is 0.750 bits per heavy atom. The minimum absolute atomic E-state index is 0.702. The molecule has 0 atom stereocenters. The Bertz CT molecular complexity index is 1120. The first-order valence-corrected chi connectivity index (χ1v) is 7.60. The number of benzene rings is 1. The van der Waals surface area contributed by atoms with Gasteiger partial charge in [0.1, 0.15) is 5.52 Å². The number of aromatic amines is 2. The van der Waals surface area contributed by atoms with Gasteiger partial charge in [-0.05, 0) is 36.4 Å². The number of fused-ring (bicyclic) bond motifs is 2. The molecule has 0 radical (unpaired) electrons. The molecule has 6 nitrogen and oxygen atoms in total. The van der Waals surface area contributed by atoms with Gasteiger partial charge in [0.25, 0.3) is 0 Å². The first-order chi connectivity index (χ1) is 11.9. The van der Waals surface area contributed by atoms with E-state index in [0.717, 1.165) is 33.5 Å². The number of hydrogen-bond acceptors (Lipinski definition) is 4. The minimum atomic E-state index is 0.702. The Morgan fingerprint density at radius 3 is 2.54 bits per heavy atom. The fourth-order valence-corrected chi connectivity index (χ4v) is 2.79. The first kappa shape index (κ1) is 13.0. The third kappa shape index (κ3) is 1.97. The van der Waals surface area contributed by atoms with Crippen LogP contribution in [0.15, 0.2) is 60.8 Å². The Kier molecular flexibility index (Phi) is 2.69. The average Bonchev–Trinajstić information content (AvgIpc) is 3.25.